The van der Waals surface area contributed by atoms with E-state index in [0.29, 0.717) is 28.7 Å². The van der Waals surface area contributed by atoms with Gasteiger partial charge in [-0.3, -0.25) is 4.79 Å². The molecule has 0 aliphatic carbocycles. The molecule has 0 N–H and O–H groups in total. The van der Waals surface area contributed by atoms with Crippen molar-refractivity contribution in [2.24, 2.45) is 0 Å². The fourth-order valence-electron chi connectivity index (χ4n) is 2.52. The van der Waals surface area contributed by atoms with Gasteiger partial charge in [-0.1, -0.05) is 0 Å². The number of Topliss-reactive ketones (excluding diaryl/α,β-unsaturated/α-hetero) is 1. The molecule has 8 heteroatoms. The number of ketones is 1. The Balaban J connectivity index is 2.19. The molecule has 0 saturated carbocycles. The average molecular weight is 390 g/mol. The van der Waals surface area contributed by atoms with Crippen molar-refractivity contribution in [1.82, 2.24) is 0 Å². The molecule has 8 nitrogen and oxygen atoms in total. The van der Waals surface area contributed by atoms with Crippen molar-refractivity contribution in [1.29, 1.82) is 0 Å². The van der Waals surface area contributed by atoms with Gasteiger partial charge in [-0.15, -0.1) is 0 Å². The molecule has 0 unspecified atom stereocenters. The number of carbonyl (C=O) groups is 2. The lowest BCUT2D eigenvalue weighted by Gasteiger charge is -2.14. The molecule has 0 heterocycles. The summed E-state index contributed by atoms with van der Waals surface area (Å²) in [7, 11) is 7.26. The monoisotopic (exact) mass is 390 g/mol. The summed E-state index contributed by atoms with van der Waals surface area (Å²) >= 11 is 0. The number of carbonyl (C=O) groups excluding carboxylic acids is 2. The molecule has 0 spiro atoms. The van der Waals surface area contributed by atoms with E-state index < -0.39 is 18.4 Å². The van der Waals surface area contributed by atoms with Gasteiger partial charge in [-0.25, -0.2) is 4.79 Å². The van der Waals surface area contributed by atoms with E-state index in [2.05, 4.69) is 0 Å². The van der Waals surface area contributed by atoms with Gasteiger partial charge in [-0.05, 0) is 30.3 Å². The van der Waals surface area contributed by atoms with Gasteiger partial charge in [0.2, 0.25) is 11.5 Å². The van der Waals surface area contributed by atoms with Crippen molar-refractivity contribution in [2.45, 2.75) is 0 Å². The van der Waals surface area contributed by atoms with Crippen molar-refractivity contribution in [2.75, 3.05) is 42.2 Å². The molecule has 0 atom stereocenters. The van der Waals surface area contributed by atoms with Crippen molar-refractivity contribution < 1.29 is 38.0 Å². The number of ether oxygens (including phenoxy) is 6. The highest BCUT2D eigenvalue weighted by molar-refractivity contribution is 6.01. The van der Waals surface area contributed by atoms with Crippen LogP contribution in [0.2, 0.25) is 0 Å². The molecule has 28 heavy (non-hydrogen) atoms. The smallest absolute Gasteiger partial charge is 0.338 e. The maximum atomic E-state index is 12.5. The van der Waals surface area contributed by atoms with E-state index in [1.807, 2.05) is 0 Å². The van der Waals surface area contributed by atoms with Crippen molar-refractivity contribution in [3.05, 3.63) is 41.5 Å². The molecule has 0 radical (unpaired) electrons. The van der Waals surface area contributed by atoms with E-state index in [-0.39, 0.29) is 11.1 Å². The Labute approximate surface area is 162 Å². The second-order valence-corrected chi connectivity index (χ2v) is 5.48. The standard InChI is InChI=1S/C20H22O8/c1-23-13-6-7-16(24-2)14(10-13)15(21)11-28-20(22)12-8-17(25-3)19(27-5)18(9-12)26-4/h6-10H,11H2,1-5H3. The second-order valence-electron chi connectivity index (χ2n) is 5.48. The van der Waals surface area contributed by atoms with Crippen LogP contribution in [0.15, 0.2) is 30.3 Å². The van der Waals surface area contributed by atoms with Gasteiger partial charge in [0.05, 0.1) is 46.7 Å². The molecule has 0 aliphatic heterocycles. The Kier molecular flexibility index (Phi) is 7.08. The maximum absolute atomic E-state index is 12.5. The summed E-state index contributed by atoms with van der Waals surface area (Å²) in [5.74, 6) is 0.642. The minimum atomic E-state index is -0.713. The molecular formula is C20H22O8. The third-order valence-electron chi connectivity index (χ3n) is 3.94. The zero-order valence-corrected chi connectivity index (χ0v) is 16.4. The summed E-state index contributed by atoms with van der Waals surface area (Å²) in [5.41, 5.74) is 0.402. The van der Waals surface area contributed by atoms with Crippen LogP contribution in [-0.2, 0) is 4.74 Å². The molecule has 0 aliphatic rings. The molecule has 150 valence electrons. The predicted molar refractivity (Wildman–Crippen MR) is 100 cm³/mol. The topological polar surface area (TPSA) is 89.5 Å². The average Bonchev–Trinajstić information content (AvgIpc) is 2.75. The molecule has 2 aromatic rings. The Hall–Kier alpha value is -3.42. The number of benzene rings is 2. The zero-order chi connectivity index (χ0) is 20.7. The summed E-state index contributed by atoms with van der Waals surface area (Å²) < 4.78 is 31.1. The number of esters is 1. The summed E-state index contributed by atoms with van der Waals surface area (Å²) in [5, 5.41) is 0. The van der Waals surface area contributed by atoms with Crippen LogP contribution in [0, 0.1) is 0 Å². The van der Waals surface area contributed by atoms with Gasteiger partial charge in [0.1, 0.15) is 11.5 Å². The lowest BCUT2D eigenvalue weighted by molar-refractivity contribution is 0.0473. The maximum Gasteiger partial charge on any atom is 0.338 e. The Bertz CT molecular complexity index is 834. The molecule has 2 aromatic carbocycles. The van der Waals surface area contributed by atoms with Gasteiger partial charge in [0.15, 0.2) is 18.1 Å². The summed E-state index contributed by atoms with van der Waals surface area (Å²) in [6, 6.07) is 7.68. The van der Waals surface area contributed by atoms with Crippen LogP contribution in [0.25, 0.3) is 0 Å². The van der Waals surface area contributed by atoms with E-state index in [1.54, 1.807) is 12.1 Å². The lowest BCUT2D eigenvalue weighted by Crippen LogP contribution is -2.15. The SMILES string of the molecule is COc1ccc(OC)c(C(=O)COC(=O)c2cc(OC)c(OC)c(OC)c2)c1. The van der Waals surface area contributed by atoms with Crippen LogP contribution in [-0.4, -0.2) is 53.9 Å². The summed E-state index contributed by atoms with van der Waals surface area (Å²) in [4.78, 5) is 24.9. The van der Waals surface area contributed by atoms with Crippen LogP contribution in [0.5, 0.6) is 28.7 Å². The van der Waals surface area contributed by atoms with Crippen molar-refractivity contribution in [3.63, 3.8) is 0 Å². The number of rotatable bonds is 9. The van der Waals surface area contributed by atoms with E-state index in [9.17, 15) is 9.59 Å². The number of hydrogen-bond donors (Lipinski definition) is 0. The van der Waals surface area contributed by atoms with Crippen LogP contribution in [0.3, 0.4) is 0 Å². The Morgan fingerprint density at radius 3 is 1.86 bits per heavy atom. The van der Waals surface area contributed by atoms with E-state index >= 15 is 0 Å². The highest BCUT2D eigenvalue weighted by Gasteiger charge is 2.20. The number of methoxy groups -OCH3 is 5. The highest BCUT2D eigenvalue weighted by atomic mass is 16.5. The Morgan fingerprint density at radius 1 is 0.750 bits per heavy atom. The van der Waals surface area contributed by atoms with Crippen LogP contribution in [0.4, 0.5) is 0 Å². The molecule has 2 rings (SSSR count). The van der Waals surface area contributed by atoms with Crippen molar-refractivity contribution in [3.8, 4) is 28.7 Å². The summed E-state index contributed by atoms with van der Waals surface area (Å²) in [6.07, 6.45) is 0. The fourth-order valence-corrected chi connectivity index (χ4v) is 2.52. The molecule has 0 fully saturated rings. The first-order valence-corrected chi connectivity index (χ1v) is 8.21. The largest absolute Gasteiger partial charge is 0.497 e. The highest BCUT2D eigenvalue weighted by Crippen LogP contribution is 2.38. The van der Waals surface area contributed by atoms with Gasteiger partial charge >= 0.3 is 5.97 Å². The minimum Gasteiger partial charge on any atom is -0.497 e. The molecule has 0 bridgehead atoms. The number of hydrogen-bond acceptors (Lipinski definition) is 8. The first kappa shape index (κ1) is 20.9. The van der Waals surface area contributed by atoms with Crippen LogP contribution in [0.1, 0.15) is 20.7 Å². The van der Waals surface area contributed by atoms with E-state index in [4.69, 9.17) is 28.4 Å². The Morgan fingerprint density at radius 2 is 1.36 bits per heavy atom. The second kappa shape index (κ2) is 9.50. The first-order valence-electron chi connectivity index (χ1n) is 8.21. The van der Waals surface area contributed by atoms with Crippen molar-refractivity contribution >= 4 is 11.8 Å². The van der Waals surface area contributed by atoms with Gasteiger partial charge < -0.3 is 28.4 Å². The molecule has 0 saturated heterocycles. The summed E-state index contributed by atoms with van der Waals surface area (Å²) in [6.45, 7) is -0.473. The van der Waals surface area contributed by atoms with Crippen LogP contribution < -0.4 is 23.7 Å². The van der Waals surface area contributed by atoms with E-state index in [1.165, 1.54) is 53.7 Å². The normalized spacial score (nSPS) is 10.0. The van der Waals surface area contributed by atoms with Crippen LogP contribution >= 0.6 is 0 Å². The van der Waals surface area contributed by atoms with Gasteiger partial charge in [-0.2, -0.15) is 0 Å². The zero-order valence-electron chi connectivity index (χ0n) is 16.4. The fraction of sp³-hybridized carbons (Fsp3) is 0.300. The molecule has 0 aromatic heterocycles. The molecular weight excluding hydrogens is 368 g/mol. The van der Waals surface area contributed by atoms with Gasteiger partial charge in [0.25, 0.3) is 0 Å². The van der Waals surface area contributed by atoms with Gasteiger partial charge in [0, 0.05) is 0 Å². The molecule has 0 amide bonds. The van der Waals surface area contributed by atoms with E-state index in [0.717, 1.165) is 0 Å². The minimum absolute atomic E-state index is 0.153. The quantitative estimate of drug-likeness (QED) is 0.477. The third kappa shape index (κ3) is 4.46. The third-order valence-corrected chi connectivity index (χ3v) is 3.94. The lowest BCUT2D eigenvalue weighted by atomic mass is 10.1. The predicted octanol–water partition coefficient (Wildman–Crippen LogP) is 2.77. The first-order chi connectivity index (χ1) is 13.5.